The van der Waals surface area contributed by atoms with Crippen LogP contribution in [0.4, 0.5) is 0 Å². The Balaban J connectivity index is 0.000000842. The van der Waals surface area contributed by atoms with Gasteiger partial charge in [-0.05, 0) is 46.1 Å². The molecule has 172 valence electrons. The van der Waals surface area contributed by atoms with Crippen LogP contribution in [-0.4, -0.2) is 39.8 Å². The third-order valence-corrected chi connectivity index (χ3v) is 3.84. The molecule has 0 amide bonds. The Morgan fingerprint density at radius 2 is 1.61 bits per heavy atom. The lowest BCUT2D eigenvalue weighted by molar-refractivity contribution is -0.164. The van der Waals surface area contributed by atoms with Gasteiger partial charge in [0.25, 0.3) is 0 Å². The molecule has 0 aliphatic rings. The number of hydrogen-bond acceptors (Lipinski definition) is 5. The van der Waals surface area contributed by atoms with Gasteiger partial charge >= 0.3 is 17.9 Å². The Kier molecular flexibility index (Phi) is 12.8. The van der Waals surface area contributed by atoms with E-state index in [0.29, 0.717) is 6.42 Å². The number of carboxylic acid groups (broad SMARTS) is 2. The normalized spacial score (nSPS) is 14.4. The number of aliphatic carboxylic acids is 2. The second-order valence-electron chi connectivity index (χ2n) is 8.05. The molecule has 0 fully saturated rings. The van der Waals surface area contributed by atoms with Gasteiger partial charge in [0, 0.05) is 6.04 Å². The quantitative estimate of drug-likeness (QED) is 0.307. The molecule has 0 aliphatic heterocycles. The van der Waals surface area contributed by atoms with E-state index in [0.717, 1.165) is 12.0 Å². The molecule has 0 spiro atoms. The first kappa shape index (κ1) is 28.1. The average Bonchev–Trinajstić information content (AvgIpc) is 2.65. The van der Waals surface area contributed by atoms with Crippen LogP contribution >= 0.6 is 0 Å². The van der Waals surface area contributed by atoms with Crippen LogP contribution in [0.2, 0.25) is 0 Å². The second kappa shape index (κ2) is 14.1. The van der Waals surface area contributed by atoms with Gasteiger partial charge in [0.15, 0.2) is 5.92 Å². The maximum Gasteiger partial charge on any atom is 0.324 e. The molecule has 7 heteroatoms. The van der Waals surface area contributed by atoms with E-state index < -0.39 is 29.4 Å². The highest BCUT2D eigenvalue weighted by molar-refractivity contribution is 5.96. The molecule has 31 heavy (non-hydrogen) atoms. The third-order valence-electron chi connectivity index (χ3n) is 3.84. The standard InChI is InChI=1S/C17H23NO4.C7H12O2/c1-17(2,3)22-16(21)14(15(19)20)10-9-13(18)11-12-7-5-4-6-8-12;1-3-4-5-6(2)7(8)9/h4-10,13-14H,11,18H2,1-3H3,(H,19,20);4-6H,3H2,1-2H3,(H,8,9). The summed E-state index contributed by atoms with van der Waals surface area (Å²) in [6, 6.07) is 9.24. The van der Waals surface area contributed by atoms with E-state index in [1.54, 1.807) is 33.8 Å². The summed E-state index contributed by atoms with van der Waals surface area (Å²) in [5.41, 5.74) is 6.26. The highest BCUT2D eigenvalue weighted by atomic mass is 16.6. The highest BCUT2D eigenvalue weighted by Crippen LogP contribution is 2.13. The van der Waals surface area contributed by atoms with Gasteiger partial charge in [0.2, 0.25) is 0 Å². The van der Waals surface area contributed by atoms with Crippen LogP contribution in [-0.2, 0) is 25.5 Å². The van der Waals surface area contributed by atoms with Crippen molar-refractivity contribution < 1.29 is 29.3 Å². The van der Waals surface area contributed by atoms with Crippen LogP contribution in [0.3, 0.4) is 0 Å². The minimum atomic E-state index is -1.35. The molecule has 1 rings (SSSR count). The minimum Gasteiger partial charge on any atom is -0.481 e. The van der Waals surface area contributed by atoms with E-state index in [9.17, 15) is 14.4 Å². The molecule has 0 heterocycles. The van der Waals surface area contributed by atoms with Gasteiger partial charge in [-0.15, -0.1) is 0 Å². The van der Waals surface area contributed by atoms with Crippen LogP contribution in [0, 0.1) is 11.8 Å². The zero-order chi connectivity index (χ0) is 24.0. The van der Waals surface area contributed by atoms with Gasteiger partial charge in [-0.3, -0.25) is 14.4 Å². The van der Waals surface area contributed by atoms with Crippen LogP contribution in [0.5, 0.6) is 0 Å². The van der Waals surface area contributed by atoms with E-state index in [2.05, 4.69) is 0 Å². The van der Waals surface area contributed by atoms with Crippen molar-refractivity contribution in [2.45, 2.75) is 59.1 Å². The summed E-state index contributed by atoms with van der Waals surface area (Å²) >= 11 is 0. The lowest BCUT2D eigenvalue weighted by atomic mass is 10.0. The molecule has 0 bridgehead atoms. The van der Waals surface area contributed by atoms with Gasteiger partial charge in [0.1, 0.15) is 5.60 Å². The van der Waals surface area contributed by atoms with Crippen molar-refractivity contribution in [1.29, 1.82) is 0 Å². The van der Waals surface area contributed by atoms with Crippen LogP contribution in [0.25, 0.3) is 0 Å². The predicted molar refractivity (Wildman–Crippen MR) is 120 cm³/mol. The molecule has 3 unspecified atom stereocenters. The van der Waals surface area contributed by atoms with Crippen molar-refractivity contribution >= 4 is 17.9 Å². The van der Waals surface area contributed by atoms with E-state index in [-0.39, 0.29) is 12.0 Å². The lowest BCUT2D eigenvalue weighted by Gasteiger charge is -2.21. The summed E-state index contributed by atoms with van der Waals surface area (Å²) < 4.78 is 5.10. The number of rotatable bonds is 9. The summed E-state index contributed by atoms with van der Waals surface area (Å²) in [5.74, 6) is -4.49. The number of esters is 1. The van der Waals surface area contributed by atoms with Crippen molar-refractivity contribution in [3.8, 4) is 0 Å². The maximum atomic E-state index is 11.9. The minimum absolute atomic E-state index is 0.343. The fourth-order valence-electron chi connectivity index (χ4n) is 2.26. The highest BCUT2D eigenvalue weighted by Gasteiger charge is 2.28. The van der Waals surface area contributed by atoms with E-state index in [1.165, 1.54) is 12.2 Å². The first-order valence-corrected chi connectivity index (χ1v) is 10.2. The zero-order valence-electron chi connectivity index (χ0n) is 18.9. The molecule has 0 aromatic heterocycles. The lowest BCUT2D eigenvalue weighted by Crippen LogP contribution is -2.32. The van der Waals surface area contributed by atoms with Gasteiger partial charge in [-0.2, -0.15) is 0 Å². The summed E-state index contributed by atoms with van der Waals surface area (Å²) in [6.45, 7) is 8.71. The van der Waals surface area contributed by atoms with Crippen molar-refractivity contribution in [3.05, 3.63) is 60.2 Å². The first-order chi connectivity index (χ1) is 14.4. The van der Waals surface area contributed by atoms with E-state index in [4.69, 9.17) is 20.7 Å². The third kappa shape index (κ3) is 13.8. The van der Waals surface area contributed by atoms with Crippen molar-refractivity contribution in [3.63, 3.8) is 0 Å². The number of benzene rings is 1. The topological polar surface area (TPSA) is 127 Å². The molecule has 1 aromatic rings. The van der Waals surface area contributed by atoms with Crippen LogP contribution < -0.4 is 5.73 Å². The Labute approximate surface area is 184 Å². The van der Waals surface area contributed by atoms with Crippen LogP contribution in [0.1, 0.15) is 46.6 Å². The molecule has 1 aromatic carbocycles. The molecular weight excluding hydrogens is 398 g/mol. The zero-order valence-corrected chi connectivity index (χ0v) is 18.9. The van der Waals surface area contributed by atoms with Crippen LogP contribution in [0.15, 0.2) is 54.6 Å². The fraction of sp³-hybridized carbons (Fsp3) is 0.458. The Morgan fingerprint density at radius 1 is 1.03 bits per heavy atom. The fourth-order valence-corrected chi connectivity index (χ4v) is 2.26. The Hall–Kier alpha value is -2.93. The largest absolute Gasteiger partial charge is 0.481 e. The number of ether oxygens (including phenoxy) is 1. The van der Waals surface area contributed by atoms with Crippen molar-refractivity contribution in [1.82, 2.24) is 0 Å². The smallest absolute Gasteiger partial charge is 0.324 e. The number of allylic oxidation sites excluding steroid dienone is 1. The molecule has 0 radical (unpaired) electrons. The number of carbonyl (C=O) groups is 3. The Bertz CT molecular complexity index is 749. The SMILES string of the molecule is CC(C)(C)OC(=O)C(C=CC(N)Cc1ccccc1)C(=O)O.CCC=CC(C)C(=O)O. The summed E-state index contributed by atoms with van der Waals surface area (Å²) in [4.78, 5) is 33.2. The summed E-state index contributed by atoms with van der Waals surface area (Å²) in [5, 5.41) is 17.5. The van der Waals surface area contributed by atoms with E-state index in [1.807, 2.05) is 43.3 Å². The summed E-state index contributed by atoms with van der Waals surface area (Å²) in [7, 11) is 0. The van der Waals surface area contributed by atoms with Crippen molar-refractivity contribution in [2.24, 2.45) is 17.6 Å². The number of nitrogens with two attached hydrogens (primary N) is 1. The first-order valence-electron chi connectivity index (χ1n) is 10.2. The number of carboxylic acids is 2. The van der Waals surface area contributed by atoms with E-state index >= 15 is 0 Å². The van der Waals surface area contributed by atoms with Crippen molar-refractivity contribution in [2.75, 3.05) is 0 Å². The van der Waals surface area contributed by atoms with Gasteiger partial charge < -0.3 is 20.7 Å². The molecule has 0 saturated heterocycles. The molecule has 4 N–H and O–H groups in total. The average molecular weight is 434 g/mol. The predicted octanol–water partition coefficient (Wildman–Crippen LogP) is 3.83. The molecular formula is C24H35NO6. The Morgan fingerprint density at radius 3 is 2.06 bits per heavy atom. The van der Waals surface area contributed by atoms with Gasteiger partial charge in [-0.1, -0.05) is 61.6 Å². The molecule has 7 nitrogen and oxygen atoms in total. The summed E-state index contributed by atoms with van der Waals surface area (Å²) in [6.07, 6.45) is 7.86. The second-order valence-corrected chi connectivity index (χ2v) is 8.05. The molecule has 3 atom stereocenters. The monoisotopic (exact) mass is 433 g/mol. The van der Waals surface area contributed by atoms with Gasteiger partial charge in [-0.25, -0.2) is 0 Å². The number of hydrogen-bond donors (Lipinski definition) is 3. The molecule has 0 saturated carbocycles. The number of carbonyl (C=O) groups excluding carboxylic acids is 1. The maximum absolute atomic E-state index is 11.9. The molecule has 0 aliphatic carbocycles. The van der Waals surface area contributed by atoms with Gasteiger partial charge in [0.05, 0.1) is 5.92 Å².